The smallest absolute Gasteiger partial charge is 0.229 e. The minimum atomic E-state index is -0.455. The summed E-state index contributed by atoms with van der Waals surface area (Å²) in [5.41, 5.74) is 8.63. The number of hydrogen-bond donors (Lipinski definition) is 1. The minimum Gasteiger partial charge on any atom is -0.325 e. The summed E-state index contributed by atoms with van der Waals surface area (Å²) < 4.78 is 0. The predicted octanol–water partition coefficient (Wildman–Crippen LogP) is 6.93. The van der Waals surface area contributed by atoms with Crippen molar-refractivity contribution in [1.82, 2.24) is 0 Å². The topological polar surface area (TPSA) is 29.1 Å². The molecule has 2 heteroatoms. The zero-order chi connectivity index (χ0) is 20.5. The van der Waals surface area contributed by atoms with Crippen molar-refractivity contribution < 1.29 is 4.79 Å². The van der Waals surface area contributed by atoms with E-state index in [1.54, 1.807) is 0 Å². The zero-order valence-corrected chi connectivity index (χ0v) is 17.7. The molecule has 0 fully saturated rings. The Morgan fingerprint density at radius 3 is 1.43 bits per heavy atom. The van der Waals surface area contributed by atoms with Crippen LogP contribution in [-0.2, 0) is 4.79 Å². The summed E-state index contributed by atoms with van der Waals surface area (Å²) in [7, 11) is 0. The van der Waals surface area contributed by atoms with Crippen molar-refractivity contribution in [2.75, 3.05) is 5.32 Å². The first-order valence-corrected chi connectivity index (χ1v) is 9.78. The molecule has 0 radical (unpaired) electrons. The highest BCUT2D eigenvalue weighted by atomic mass is 16.2. The van der Waals surface area contributed by atoms with Crippen molar-refractivity contribution in [3.8, 4) is 22.3 Å². The SMILES string of the molecule is Cc1c(NC(=O)C(C)(C)C)c(C)c(-c2ccccc2)c(C)c1-c1ccccc1. The van der Waals surface area contributed by atoms with Crippen LogP contribution in [0.2, 0.25) is 0 Å². The van der Waals surface area contributed by atoms with Gasteiger partial charge in [-0.3, -0.25) is 4.79 Å². The molecule has 0 saturated carbocycles. The van der Waals surface area contributed by atoms with Crippen LogP contribution in [0.25, 0.3) is 22.3 Å². The Morgan fingerprint density at radius 2 is 1.07 bits per heavy atom. The number of rotatable bonds is 3. The van der Waals surface area contributed by atoms with Gasteiger partial charge in [0.15, 0.2) is 0 Å². The van der Waals surface area contributed by atoms with Crippen LogP contribution in [-0.4, -0.2) is 5.91 Å². The van der Waals surface area contributed by atoms with Gasteiger partial charge in [0.25, 0.3) is 0 Å². The Hall–Kier alpha value is -2.87. The van der Waals surface area contributed by atoms with E-state index in [9.17, 15) is 4.79 Å². The van der Waals surface area contributed by atoms with Crippen LogP contribution in [0.4, 0.5) is 5.69 Å². The average molecular weight is 372 g/mol. The summed E-state index contributed by atoms with van der Waals surface area (Å²) in [4.78, 5) is 12.8. The number of hydrogen-bond acceptors (Lipinski definition) is 1. The van der Waals surface area contributed by atoms with Gasteiger partial charge in [-0.2, -0.15) is 0 Å². The maximum absolute atomic E-state index is 12.8. The van der Waals surface area contributed by atoms with Gasteiger partial charge in [0.1, 0.15) is 0 Å². The normalized spacial score (nSPS) is 11.4. The first kappa shape index (κ1) is 19.9. The van der Waals surface area contributed by atoms with Crippen molar-refractivity contribution in [2.45, 2.75) is 41.5 Å². The van der Waals surface area contributed by atoms with Gasteiger partial charge in [-0.25, -0.2) is 0 Å². The van der Waals surface area contributed by atoms with Crippen LogP contribution in [0.15, 0.2) is 60.7 Å². The van der Waals surface area contributed by atoms with Gasteiger partial charge >= 0.3 is 0 Å². The van der Waals surface area contributed by atoms with Gasteiger partial charge < -0.3 is 5.32 Å². The molecule has 0 spiro atoms. The number of nitrogens with one attached hydrogen (secondary N) is 1. The fourth-order valence-corrected chi connectivity index (χ4v) is 3.78. The van der Waals surface area contributed by atoms with Crippen molar-refractivity contribution in [3.63, 3.8) is 0 Å². The van der Waals surface area contributed by atoms with Gasteiger partial charge in [-0.1, -0.05) is 81.4 Å². The third-order valence-electron chi connectivity index (χ3n) is 5.29. The second kappa shape index (κ2) is 7.63. The Kier molecular flexibility index (Phi) is 5.42. The molecule has 28 heavy (non-hydrogen) atoms. The van der Waals surface area contributed by atoms with E-state index in [1.165, 1.54) is 27.8 Å². The zero-order valence-electron chi connectivity index (χ0n) is 17.7. The molecule has 3 rings (SSSR count). The molecular weight excluding hydrogens is 342 g/mol. The molecule has 0 aromatic heterocycles. The summed E-state index contributed by atoms with van der Waals surface area (Å²) in [6, 6.07) is 20.8. The van der Waals surface area contributed by atoms with Gasteiger partial charge in [0.05, 0.1) is 0 Å². The van der Waals surface area contributed by atoms with Crippen molar-refractivity contribution in [3.05, 3.63) is 77.4 Å². The summed E-state index contributed by atoms with van der Waals surface area (Å²) >= 11 is 0. The van der Waals surface area contributed by atoms with Crippen LogP contribution in [0.3, 0.4) is 0 Å². The number of carbonyl (C=O) groups is 1. The summed E-state index contributed by atoms with van der Waals surface area (Å²) in [5.74, 6) is 0.0283. The lowest BCUT2D eigenvalue weighted by molar-refractivity contribution is -0.123. The number of carbonyl (C=O) groups excluding carboxylic acids is 1. The van der Waals surface area contributed by atoms with Crippen molar-refractivity contribution >= 4 is 11.6 Å². The molecule has 0 aliphatic carbocycles. The predicted molar refractivity (Wildman–Crippen MR) is 120 cm³/mol. The van der Waals surface area contributed by atoms with Crippen LogP contribution < -0.4 is 5.32 Å². The van der Waals surface area contributed by atoms with E-state index in [0.29, 0.717) is 0 Å². The largest absolute Gasteiger partial charge is 0.325 e. The Balaban J connectivity index is 2.32. The molecule has 144 valence electrons. The average Bonchev–Trinajstić information content (AvgIpc) is 2.66. The third kappa shape index (κ3) is 3.73. The molecule has 1 N–H and O–H groups in total. The van der Waals surface area contributed by atoms with E-state index in [-0.39, 0.29) is 5.91 Å². The second-order valence-electron chi connectivity index (χ2n) is 8.44. The molecule has 0 bridgehead atoms. The fourth-order valence-electron chi connectivity index (χ4n) is 3.78. The lowest BCUT2D eigenvalue weighted by Crippen LogP contribution is -2.28. The molecule has 0 unspecified atom stereocenters. The second-order valence-corrected chi connectivity index (χ2v) is 8.44. The lowest BCUT2D eigenvalue weighted by atomic mass is 9.84. The van der Waals surface area contributed by atoms with Gasteiger partial charge in [-0.05, 0) is 59.7 Å². The van der Waals surface area contributed by atoms with Crippen molar-refractivity contribution in [1.29, 1.82) is 0 Å². The third-order valence-corrected chi connectivity index (χ3v) is 5.29. The summed E-state index contributed by atoms with van der Waals surface area (Å²) in [6.07, 6.45) is 0. The molecule has 3 aromatic carbocycles. The molecule has 0 heterocycles. The molecule has 0 aliphatic rings. The Labute approximate surface area is 168 Å². The molecule has 1 amide bonds. The minimum absolute atomic E-state index is 0.0283. The van der Waals surface area contributed by atoms with Gasteiger partial charge in [-0.15, -0.1) is 0 Å². The maximum atomic E-state index is 12.8. The lowest BCUT2D eigenvalue weighted by Gasteiger charge is -2.25. The van der Waals surface area contributed by atoms with Crippen LogP contribution in [0, 0.1) is 26.2 Å². The highest BCUT2D eigenvalue weighted by Gasteiger charge is 2.25. The van der Waals surface area contributed by atoms with Gasteiger partial charge in [0, 0.05) is 11.1 Å². The van der Waals surface area contributed by atoms with E-state index >= 15 is 0 Å². The number of amides is 1. The van der Waals surface area contributed by atoms with E-state index < -0.39 is 5.41 Å². The maximum Gasteiger partial charge on any atom is 0.229 e. The molecule has 0 saturated heterocycles. The standard InChI is InChI=1S/C26H29NO/c1-17-22(20-13-9-7-10-14-20)18(2)24(27-25(28)26(4,5)6)19(3)23(17)21-15-11-8-12-16-21/h7-16H,1-6H3,(H,27,28). The van der Waals surface area contributed by atoms with Crippen LogP contribution in [0.1, 0.15) is 37.5 Å². The summed E-state index contributed by atoms with van der Waals surface area (Å²) in [6.45, 7) is 12.2. The first-order valence-electron chi connectivity index (χ1n) is 9.78. The Bertz CT molecular complexity index is 930. The van der Waals surface area contributed by atoms with E-state index in [4.69, 9.17) is 0 Å². The molecular formula is C26H29NO. The molecule has 2 nitrogen and oxygen atoms in total. The van der Waals surface area contributed by atoms with Crippen molar-refractivity contribution in [2.24, 2.45) is 5.41 Å². The van der Waals surface area contributed by atoms with E-state index in [2.05, 4.69) is 74.6 Å². The quantitative estimate of drug-likeness (QED) is 0.531. The van der Waals surface area contributed by atoms with E-state index in [1.807, 2.05) is 32.9 Å². The summed E-state index contributed by atoms with van der Waals surface area (Å²) in [5, 5.41) is 3.23. The number of benzene rings is 3. The first-order chi connectivity index (χ1) is 13.2. The highest BCUT2D eigenvalue weighted by molar-refractivity contribution is 5.99. The van der Waals surface area contributed by atoms with Crippen LogP contribution >= 0.6 is 0 Å². The molecule has 0 aliphatic heterocycles. The fraction of sp³-hybridized carbons (Fsp3) is 0.269. The molecule has 0 atom stereocenters. The van der Waals surface area contributed by atoms with E-state index in [0.717, 1.165) is 16.8 Å². The highest BCUT2D eigenvalue weighted by Crippen LogP contribution is 2.42. The monoisotopic (exact) mass is 371 g/mol. The Morgan fingerprint density at radius 1 is 0.679 bits per heavy atom. The van der Waals surface area contributed by atoms with Crippen LogP contribution in [0.5, 0.6) is 0 Å². The van der Waals surface area contributed by atoms with Gasteiger partial charge in [0.2, 0.25) is 5.91 Å². The molecule has 3 aromatic rings. The number of anilines is 1.